The van der Waals surface area contributed by atoms with E-state index in [0.717, 1.165) is 12.8 Å². The number of aromatic nitrogens is 1. The number of fused-ring (bicyclic) bond motifs is 1. The van der Waals surface area contributed by atoms with Gasteiger partial charge in [0.1, 0.15) is 16.7 Å². The molecule has 0 bridgehead atoms. The molecule has 0 radical (unpaired) electrons. The molecule has 1 atom stereocenters. The van der Waals surface area contributed by atoms with E-state index in [9.17, 15) is 18.0 Å². The van der Waals surface area contributed by atoms with Gasteiger partial charge in [-0.15, -0.1) is 0 Å². The third kappa shape index (κ3) is 5.91. The quantitative estimate of drug-likeness (QED) is 0.493. The number of carbonyl (C=O) groups excluding carboxylic acids is 2. The minimum Gasteiger partial charge on any atom is -0.495 e. The van der Waals surface area contributed by atoms with Crippen LogP contribution >= 0.6 is 0 Å². The van der Waals surface area contributed by atoms with Gasteiger partial charge < -0.3 is 24.0 Å². The zero-order chi connectivity index (χ0) is 27.4. The number of benzene rings is 2. The summed E-state index contributed by atoms with van der Waals surface area (Å²) in [7, 11) is -2.59. The highest BCUT2D eigenvalue weighted by atomic mass is 32.2. The highest BCUT2D eigenvalue weighted by Crippen LogP contribution is 2.30. The summed E-state index contributed by atoms with van der Waals surface area (Å²) < 4.78 is 45.3. The number of ether oxygens (including phenoxy) is 3. The first-order valence-electron chi connectivity index (χ1n) is 12.7. The van der Waals surface area contributed by atoms with Crippen LogP contribution in [0, 0.1) is 0 Å². The van der Waals surface area contributed by atoms with Crippen LogP contribution in [0.25, 0.3) is 10.9 Å². The summed E-state index contributed by atoms with van der Waals surface area (Å²) >= 11 is 0. The number of methoxy groups -OCH3 is 1. The maximum atomic E-state index is 13.2. The number of nitrogens with one attached hydrogen (secondary N) is 1. The van der Waals surface area contributed by atoms with Crippen molar-refractivity contribution in [2.75, 3.05) is 51.2 Å². The summed E-state index contributed by atoms with van der Waals surface area (Å²) in [6, 6.07) is 13.0. The van der Waals surface area contributed by atoms with Gasteiger partial charge in [-0.05, 0) is 43.2 Å². The lowest BCUT2D eigenvalue weighted by atomic mass is 10.1. The van der Waals surface area contributed by atoms with Crippen LogP contribution in [0.15, 0.2) is 59.6 Å². The van der Waals surface area contributed by atoms with Crippen LogP contribution in [0.4, 0.5) is 10.5 Å². The summed E-state index contributed by atoms with van der Waals surface area (Å²) in [6.45, 7) is 2.50. The maximum absolute atomic E-state index is 13.2. The molecular weight excluding hydrogens is 524 g/mol. The molecule has 2 saturated heterocycles. The van der Waals surface area contributed by atoms with E-state index in [2.05, 4.69) is 9.71 Å². The van der Waals surface area contributed by atoms with Crippen LogP contribution in [-0.4, -0.2) is 87.8 Å². The van der Waals surface area contributed by atoms with Gasteiger partial charge >= 0.3 is 6.09 Å². The number of rotatable bonds is 6. The number of piperazine rings is 1. The lowest BCUT2D eigenvalue weighted by Gasteiger charge is -2.35. The Morgan fingerprint density at radius 2 is 1.82 bits per heavy atom. The zero-order valence-corrected chi connectivity index (χ0v) is 22.4. The predicted octanol–water partition coefficient (Wildman–Crippen LogP) is 3.12. The van der Waals surface area contributed by atoms with Crippen LogP contribution < -0.4 is 9.46 Å². The number of sulfonamides is 1. The standard InChI is InChI=1S/C27H30N4O7S/c1-36-23-17-20(26(32)30-12-14-31(15-13-30)27(33)38-21-7-4-16-37-18-21)9-10-22(23)29-39(34,35)24-8-2-5-19-6-3-11-28-25(19)24/h2-3,5-6,8-11,17,21,29H,4,7,12-16,18H2,1H3. The lowest BCUT2D eigenvalue weighted by Crippen LogP contribution is -2.51. The van der Waals surface area contributed by atoms with Gasteiger partial charge in [-0.3, -0.25) is 14.5 Å². The number of carbonyl (C=O) groups is 2. The van der Waals surface area contributed by atoms with E-state index in [1.807, 2.05) is 0 Å². The van der Waals surface area contributed by atoms with Gasteiger partial charge in [-0.2, -0.15) is 0 Å². The van der Waals surface area contributed by atoms with E-state index < -0.39 is 16.1 Å². The molecule has 1 N–H and O–H groups in total. The fourth-order valence-corrected chi connectivity index (χ4v) is 5.95. The zero-order valence-electron chi connectivity index (χ0n) is 21.5. The fraction of sp³-hybridized carbons (Fsp3) is 0.370. The van der Waals surface area contributed by atoms with Gasteiger partial charge in [0.25, 0.3) is 15.9 Å². The Labute approximate surface area is 226 Å². The van der Waals surface area contributed by atoms with Crippen molar-refractivity contribution in [2.24, 2.45) is 0 Å². The molecule has 3 aromatic rings. The number of nitrogens with zero attached hydrogens (tertiary/aromatic N) is 3. The minimum atomic E-state index is -4.00. The molecule has 1 aromatic heterocycles. The molecule has 2 amide bonds. The van der Waals surface area contributed by atoms with Gasteiger partial charge in [-0.1, -0.05) is 18.2 Å². The Morgan fingerprint density at radius 3 is 2.56 bits per heavy atom. The van der Waals surface area contributed by atoms with Crippen LogP contribution in [0.5, 0.6) is 5.75 Å². The van der Waals surface area contributed by atoms with Crippen molar-refractivity contribution in [3.05, 3.63) is 60.3 Å². The Hall–Kier alpha value is -3.90. The lowest BCUT2D eigenvalue weighted by molar-refractivity contribution is -0.0300. The summed E-state index contributed by atoms with van der Waals surface area (Å²) in [4.78, 5) is 33.2. The largest absolute Gasteiger partial charge is 0.495 e. The van der Waals surface area contributed by atoms with Gasteiger partial charge in [0.2, 0.25) is 0 Å². The number of amides is 2. The first kappa shape index (κ1) is 26.7. The van der Waals surface area contributed by atoms with Gasteiger partial charge in [0.15, 0.2) is 0 Å². The smallest absolute Gasteiger partial charge is 0.410 e. The third-order valence-electron chi connectivity index (χ3n) is 6.79. The molecule has 2 fully saturated rings. The van der Waals surface area contributed by atoms with Crippen molar-refractivity contribution in [3.63, 3.8) is 0 Å². The molecule has 39 heavy (non-hydrogen) atoms. The second-order valence-corrected chi connectivity index (χ2v) is 11.0. The number of anilines is 1. The van der Waals surface area contributed by atoms with E-state index in [0.29, 0.717) is 55.9 Å². The topological polar surface area (TPSA) is 127 Å². The predicted molar refractivity (Wildman–Crippen MR) is 143 cm³/mol. The van der Waals surface area contributed by atoms with E-state index in [1.165, 1.54) is 31.5 Å². The summed E-state index contributed by atoms with van der Waals surface area (Å²) in [5.74, 6) is -0.0378. The molecule has 0 saturated carbocycles. The van der Waals surface area contributed by atoms with Crippen LogP contribution in [0.3, 0.4) is 0 Å². The van der Waals surface area contributed by atoms with E-state index >= 15 is 0 Å². The molecule has 1 unspecified atom stereocenters. The van der Waals surface area contributed by atoms with Crippen molar-refractivity contribution in [2.45, 2.75) is 23.8 Å². The molecule has 5 rings (SSSR count). The second kappa shape index (κ2) is 11.5. The molecule has 2 aromatic carbocycles. The number of hydrogen-bond donors (Lipinski definition) is 1. The first-order chi connectivity index (χ1) is 18.9. The third-order valence-corrected chi connectivity index (χ3v) is 8.19. The summed E-state index contributed by atoms with van der Waals surface area (Å²) in [5.41, 5.74) is 0.895. The van der Waals surface area contributed by atoms with E-state index in [4.69, 9.17) is 14.2 Å². The number of pyridine rings is 1. The van der Waals surface area contributed by atoms with Gasteiger partial charge in [0, 0.05) is 49.9 Å². The summed E-state index contributed by atoms with van der Waals surface area (Å²) in [6.07, 6.45) is 2.57. The Balaban J connectivity index is 1.25. The normalized spacial score (nSPS) is 18.0. The monoisotopic (exact) mass is 554 g/mol. The van der Waals surface area contributed by atoms with Gasteiger partial charge in [-0.25, -0.2) is 13.2 Å². The van der Waals surface area contributed by atoms with Crippen molar-refractivity contribution >= 4 is 38.6 Å². The summed E-state index contributed by atoms with van der Waals surface area (Å²) in [5, 5.41) is 0.699. The highest BCUT2D eigenvalue weighted by Gasteiger charge is 2.29. The second-order valence-electron chi connectivity index (χ2n) is 9.35. The number of hydrogen-bond acceptors (Lipinski definition) is 8. The highest BCUT2D eigenvalue weighted by molar-refractivity contribution is 7.93. The molecular formula is C27H30N4O7S. The van der Waals surface area contributed by atoms with Crippen molar-refractivity contribution < 1.29 is 32.2 Å². The Bertz CT molecular complexity index is 1460. The van der Waals surface area contributed by atoms with Crippen molar-refractivity contribution in [3.8, 4) is 5.75 Å². The van der Waals surface area contributed by atoms with Crippen LogP contribution in [0.2, 0.25) is 0 Å². The molecule has 206 valence electrons. The minimum absolute atomic E-state index is 0.0372. The fourth-order valence-electron chi connectivity index (χ4n) is 4.70. The average Bonchev–Trinajstić information content (AvgIpc) is 2.97. The maximum Gasteiger partial charge on any atom is 0.410 e. The average molecular weight is 555 g/mol. The molecule has 3 heterocycles. The van der Waals surface area contributed by atoms with Crippen molar-refractivity contribution in [1.82, 2.24) is 14.8 Å². The molecule has 2 aliphatic rings. The van der Waals surface area contributed by atoms with Gasteiger partial charge in [0.05, 0.1) is 24.9 Å². The van der Waals surface area contributed by atoms with Crippen LogP contribution in [-0.2, 0) is 19.5 Å². The number of para-hydroxylation sites is 1. The SMILES string of the molecule is COc1cc(C(=O)N2CCN(C(=O)OC3CCCOC3)CC2)ccc1NS(=O)(=O)c1cccc2cccnc12. The molecule has 12 heteroatoms. The molecule has 0 spiro atoms. The Kier molecular flexibility index (Phi) is 7.84. The Morgan fingerprint density at radius 1 is 1.05 bits per heavy atom. The molecule has 0 aliphatic carbocycles. The van der Waals surface area contributed by atoms with E-state index in [-0.39, 0.29) is 28.3 Å². The molecule has 2 aliphatic heterocycles. The van der Waals surface area contributed by atoms with Crippen LogP contribution in [0.1, 0.15) is 23.2 Å². The van der Waals surface area contributed by atoms with Crippen molar-refractivity contribution in [1.29, 1.82) is 0 Å². The van der Waals surface area contributed by atoms with E-state index in [1.54, 1.807) is 40.1 Å². The first-order valence-corrected chi connectivity index (χ1v) is 14.2. The molecule has 11 nitrogen and oxygen atoms in total.